The quantitative estimate of drug-likeness (QED) is 0.537. The predicted molar refractivity (Wildman–Crippen MR) is 93.1 cm³/mol. The molecule has 1 rings (SSSR count). The topological polar surface area (TPSA) is 105 Å². The molecule has 0 aromatic carbocycles. The number of carbonyl (C=O) groups excluding carboxylic acids is 3. The number of nitrogens with one attached hydrogen (secondary N) is 2. The number of carbonyl (C=O) groups is 3. The maximum absolute atomic E-state index is 12.6. The van der Waals surface area contributed by atoms with Crippen molar-refractivity contribution in [1.82, 2.24) is 15.5 Å². The summed E-state index contributed by atoms with van der Waals surface area (Å²) in [5.74, 6) is -0.413. The summed E-state index contributed by atoms with van der Waals surface area (Å²) in [6.07, 6.45) is 2.38. The van der Waals surface area contributed by atoms with Crippen molar-refractivity contribution in [2.45, 2.75) is 70.0 Å². The van der Waals surface area contributed by atoms with Gasteiger partial charge in [-0.25, -0.2) is 0 Å². The summed E-state index contributed by atoms with van der Waals surface area (Å²) in [6.45, 7) is 7.85. The number of rotatable bonds is 7. The van der Waals surface area contributed by atoms with E-state index < -0.39 is 18.1 Å². The van der Waals surface area contributed by atoms with E-state index in [9.17, 15) is 14.4 Å². The van der Waals surface area contributed by atoms with Gasteiger partial charge in [-0.3, -0.25) is 14.4 Å². The first-order valence-electron chi connectivity index (χ1n) is 8.61. The van der Waals surface area contributed by atoms with Gasteiger partial charge in [-0.15, -0.1) is 0 Å². The van der Waals surface area contributed by atoms with E-state index in [4.69, 9.17) is 5.73 Å². The average Bonchev–Trinajstić information content (AvgIpc) is 3.02. The van der Waals surface area contributed by atoms with Gasteiger partial charge in [-0.05, 0) is 37.5 Å². The zero-order valence-corrected chi connectivity index (χ0v) is 16.2. The zero-order chi connectivity index (χ0) is 18.4. The second-order valence-electron chi connectivity index (χ2n) is 6.63. The third kappa shape index (κ3) is 5.47. The Kier molecular flexibility index (Phi) is 8.21. The molecule has 3 amide bonds. The van der Waals surface area contributed by atoms with Crippen LogP contribution in [0.4, 0.5) is 0 Å². The molecule has 1 saturated heterocycles. The molecule has 0 aromatic heterocycles. The van der Waals surface area contributed by atoms with Crippen LogP contribution in [0.25, 0.3) is 0 Å². The standard InChI is InChI=1S/C16H29N4O3.Al/c1-5-10(2)9-18-15(22)13-7-6-8-20(13)16(23)12(4)19-14(21)11(3)17;/h9-13H,5-8,17H2,1-4H3,(H,18,22)(H,19,21);/t10-,11+,12+,13+;/m1./s1. The van der Waals surface area contributed by atoms with E-state index in [1.165, 1.54) is 0 Å². The van der Waals surface area contributed by atoms with E-state index in [1.54, 1.807) is 18.7 Å². The predicted octanol–water partition coefficient (Wildman–Crippen LogP) is -0.514. The van der Waals surface area contributed by atoms with Crippen molar-refractivity contribution in [3.05, 3.63) is 0 Å². The molecule has 5 atom stereocenters. The second-order valence-corrected chi connectivity index (χ2v) is 7.35. The molecule has 0 bridgehead atoms. The minimum atomic E-state index is -0.696. The molecule has 2 radical (unpaired) electrons. The van der Waals surface area contributed by atoms with Crippen molar-refractivity contribution in [3.8, 4) is 0 Å². The van der Waals surface area contributed by atoms with E-state index in [0.717, 1.165) is 12.8 Å². The summed E-state index contributed by atoms with van der Waals surface area (Å²) in [5, 5.41) is 5.57. The summed E-state index contributed by atoms with van der Waals surface area (Å²) < 4.78 is 0. The molecule has 1 aliphatic rings. The molecule has 0 aromatic rings. The van der Waals surface area contributed by atoms with Gasteiger partial charge in [0.2, 0.25) is 17.7 Å². The van der Waals surface area contributed by atoms with Crippen LogP contribution in [0.5, 0.6) is 0 Å². The molecule has 0 saturated carbocycles. The van der Waals surface area contributed by atoms with Crippen molar-refractivity contribution < 1.29 is 14.4 Å². The fraction of sp³-hybridized carbons (Fsp3) is 0.812. The maximum Gasteiger partial charge on any atom is 0.245 e. The zero-order valence-electron chi connectivity index (χ0n) is 15.0. The van der Waals surface area contributed by atoms with Crippen LogP contribution < -0.4 is 16.4 Å². The fourth-order valence-corrected chi connectivity index (χ4v) is 3.05. The summed E-state index contributed by atoms with van der Waals surface area (Å²) in [6, 6.07) is -1.84. The Morgan fingerprint density at radius 1 is 1.25 bits per heavy atom. The lowest BCUT2D eigenvalue weighted by molar-refractivity contribution is -0.141. The summed E-state index contributed by atoms with van der Waals surface area (Å²) in [5.41, 5.74) is 5.51. The highest BCUT2D eigenvalue weighted by atomic mass is 27.0. The van der Waals surface area contributed by atoms with Crippen molar-refractivity contribution in [2.24, 2.45) is 11.7 Å². The third-order valence-corrected chi connectivity index (χ3v) is 5.37. The highest BCUT2D eigenvalue weighted by molar-refractivity contribution is 6.13. The van der Waals surface area contributed by atoms with Gasteiger partial charge in [-0.2, -0.15) is 0 Å². The number of likely N-dealkylation sites (tertiary alicyclic amines) is 1. The molecule has 8 heteroatoms. The Hall–Kier alpha value is -1.10. The fourth-order valence-electron chi connectivity index (χ4n) is 2.62. The van der Waals surface area contributed by atoms with Gasteiger partial charge >= 0.3 is 0 Å². The molecule has 7 nitrogen and oxygen atoms in total. The third-order valence-electron chi connectivity index (χ3n) is 4.55. The normalized spacial score (nSPS) is 22.4. The minimum Gasteiger partial charge on any atom is -0.367 e. The Morgan fingerprint density at radius 2 is 1.88 bits per heavy atom. The van der Waals surface area contributed by atoms with Gasteiger partial charge < -0.3 is 21.3 Å². The lowest BCUT2D eigenvalue weighted by Gasteiger charge is -2.30. The summed E-state index contributed by atoms with van der Waals surface area (Å²) in [4.78, 5) is 38.3. The van der Waals surface area contributed by atoms with E-state index in [1.807, 2.05) is 0 Å². The monoisotopic (exact) mass is 352 g/mol. The first-order valence-corrected chi connectivity index (χ1v) is 9.28. The minimum absolute atomic E-state index is 0.0183. The van der Waals surface area contributed by atoms with Crippen molar-refractivity contribution in [1.29, 1.82) is 0 Å². The number of hydrogen-bond acceptors (Lipinski definition) is 4. The first-order chi connectivity index (χ1) is 11.2. The molecule has 0 spiro atoms. The number of hydrogen-bond donors (Lipinski definition) is 3. The molecule has 0 aliphatic carbocycles. The van der Waals surface area contributed by atoms with E-state index in [-0.39, 0.29) is 22.6 Å². The van der Waals surface area contributed by atoms with E-state index in [0.29, 0.717) is 18.9 Å². The highest BCUT2D eigenvalue weighted by Crippen LogP contribution is 2.19. The summed E-state index contributed by atoms with van der Waals surface area (Å²) >= 11 is 2.65. The van der Waals surface area contributed by atoms with Crippen LogP contribution in [0.2, 0.25) is 0 Å². The molecule has 24 heavy (non-hydrogen) atoms. The van der Waals surface area contributed by atoms with Crippen LogP contribution in [0.15, 0.2) is 0 Å². The maximum atomic E-state index is 12.6. The van der Waals surface area contributed by atoms with Crippen LogP contribution in [0.3, 0.4) is 0 Å². The molecule has 1 fully saturated rings. The van der Waals surface area contributed by atoms with Crippen LogP contribution in [0.1, 0.15) is 47.0 Å². The van der Waals surface area contributed by atoms with Crippen molar-refractivity contribution in [2.75, 3.05) is 6.54 Å². The first kappa shape index (κ1) is 20.9. The lowest BCUT2D eigenvalue weighted by atomic mass is 10.1. The van der Waals surface area contributed by atoms with E-state index in [2.05, 4.69) is 40.8 Å². The number of nitrogens with two attached hydrogens (primary N) is 1. The van der Waals surface area contributed by atoms with Gasteiger partial charge in [0, 0.05) is 6.54 Å². The summed E-state index contributed by atoms with van der Waals surface area (Å²) in [7, 11) is 0. The highest BCUT2D eigenvalue weighted by Gasteiger charge is 2.36. The van der Waals surface area contributed by atoms with Crippen LogP contribution in [0, 0.1) is 5.92 Å². The molecular weight excluding hydrogens is 323 g/mol. The smallest absolute Gasteiger partial charge is 0.245 e. The van der Waals surface area contributed by atoms with Gasteiger partial charge in [0.1, 0.15) is 12.1 Å². The van der Waals surface area contributed by atoms with E-state index >= 15 is 0 Å². The van der Waals surface area contributed by atoms with Gasteiger partial charge in [0.05, 0.1) is 6.04 Å². The molecule has 1 heterocycles. The molecule has 1 aliphatic heterocycles. The van der Waals surface area contributed by atoms with Gasteiger partial charge in [0.25, 0.3) is 0 Å². The van der Waals surface area contributed by atoms with Crippen molar-refractivity contribution >= 4 is 34.0 Å². The largest absolute Gasteiger partial charge is 0.367 e. The van der Waals surface area contributed by atoms with Gasteiger partial charge in [0.15, 0.2) is 16.3 Å². The average molecular weight is 352 g/mol. The molecule has 134 valence electrons. The lowest BCUT2D eigenvalue weighted by Crippen LogP contribution is -2.55. The van der Waals surface area contributed by atoms with Crippen LogP contribution >= 0.6 is 0 Å². The Bertz CT molecular complexity index is 472. The Labute approximate surface area is 152 Å². The van der Waals surface area contributed by atoms with Crippen molar-refractivity contribution in [3.63, 3.8) is 0 Å². The molecular formula is C16H29AlN4O3. The SMILES string of the molecule is CC[C@@H](C)[C@@H]([Al])NC(=O)[C@@H]1CCCN1C(=O)[C@H](C)NC(=O)[C@H](C)N. The molecule has 0 unspecified atom stereocenters. The Balaban J connectivity index is 2.68. The van der Waals surface area contributed by atoms with Crippen LogP contribution in [-0.4, -0.2) is 68.5 Å². The van der Waals surface area contributed by atoms with Gasteiger partial charge in [-0.1, -0.05) is 20.3 Å². The molecule has 4 N–H and O–H groups in total. The Morgan fingerprint density at radius 3 is 2.42 bits per heavy atom. The number of nitrogens with zero attached hydrogens (tertiary/aromatic N) is 1. The number of amides is 3. The second kappa shape index (κ2) is 9.40. The van der Waals surface area contributed by atoms with Crippen LogP contribution in [-0.2, 0) is 14.4 Å².